The molecule has 2 aromatic heterocycles. The maximum Gasteiger partial charge on any atom is 0.276 e. The molecule has 152 valence electrons. The molecule has 0 fully saturated rings. The lowest BCUT2D eigenvalue weighted by Gasteiger charge is -2.27. The molecule has 30 heavy (non-hydrogen) atoms. The highest BCUT2D eigenvalue weighted by molar-refractivity contribution is 7.26. The number of fused-ring (bicyclic) bond motifs is 4. The number of nitrogens with zero attached hydrogens (tertiary/aromatic N) is 2. The molecule has 0 saturated heterocycles. The number of carbonyl (C=O) groups is 1. The Kier molecular flexibility index (Phi) is 4.66. The molecule has 4 aromatic rings. The van der Waals surface area contributed by atoms with Gasteiger partial charge in [-0.3, -0.25) is 9.59 Å². The quantitative estimate of drug-likeness (QED) is 0.527. The van der Waals surface area contributed by atoms with Gasteiger partial charge in [-0.1, -0.05) is 42.5 Å². The highest BCUT2D eigenvalue weighted by Crippen LogP contribution is 2.33. The third kappa shape index (κ3) is 3.03. The normalized spacial score (nSPS) is 17.1. The second-order valence-electron chi connectivity index (χ2n) is 7.97. The first kappa shape index (κ1) is 19.0. The van der Waals surface area contributed by atoms with Gasteiger partial charge in [0.05, 0.1) is 21.8 Å². The number of rotatable bonds is 3. The first-order valence-electron chi connectivity index (χ1n) is 10.3. The number of nitrogens with one attached hydrogen (secondary N) is 1. The van der Waals surface area contributed by atoms with Gasteiger partial charge in [0.15, 0.2) is 0 Å². The zero-order valence-electron chi connectivity index (χ0n) is 17.0. The molecule has 1 N–H and O–H groups in total. The molecule has 2 aromatic carbocycles. The minimum atomic E-state index is -0.687. The number of amides is 1. The van der Waals surface area contributed by atoms with Crippen LogP contribution in [0.3, 0.4) is 0 Å². The van der Waals surface area contributed by atoms with Gasteiger partial charge in [-0.2, -0.15) is 5.10 Å². The van der Waals surface area contributed by atoms with Crippen LogP contribution in [0.2, 0.25) is 0 Å². The van der Waals surface area contributed by atoms with Crippen molar-refractivity contribution in [2.45, 2.75) is 45.2 Å². The van der Waals surface area contributed by atoms with Crippen molar-refractivity contribution in [3.63, 3.8) is 0 Å². The molecule has 1 aliphatic rings. The van der Waals surface area contributed by atoms with E-state index in [-0.39, 0.29) is 17.5 Å². The second kappa shape index (κ2) is 7.36. The van der Waals surface area contributed by atoms with Gasteiger partial charge in [-0.25, -0.2) is 4.68 Å². The number of aromatic nitrogens is 2. The Morgan fingerprint density at radius 2 is 1.97 bits per heavy atom. The Morgan fingerprint density at radius 3 is 2.83 bits per heavy atom. The number of hydrogen-bond acceptors (Lipinski definition) is 4. The predicted octanol–water partition coefficient (Wildman–Crippen LogP) is 4.67. The van der Waals surface area contributed by atoms with Gasteiger partial charge in [0, 0.05) is 10.1 Å². The van der Waals surface area contributed by atoms with E-state index in [1.807, 2.05) is 43.3 Å². The Hall–Kier alpha value is -2.99. The molecule has 5 nitrogen and oxygen atoms in total. The van der Waals surface area contributed by atoms with Crippen LogP contribution in [-0.4, -0.2) is 15.7 Å². The molecular formula is C24H23N3O2S. The summed E-state index contributed by atoms with van der Waals surface area (Å²) in [6, 6.07) is 15.4. The second-order valence-corrected chi connectivity index (χ2v) is 9.02. The molecule has 1 aliphatic carbocycles. The van der Waals surface area contributed by atoms with Crippen molar-refractivity contribution in [1.29, 1.82) is 0 Å². The van der Waals surface area contributed by atoms with Gasteiger partial charge in [0.2, 0.25) is 5.91 Å². The van der Waals surface area contributed by atoms with Gasteiger partial charge in [-0.15, -0.1) is 11.3 Å². The van der Waals surface area contributed by atoms with Crippen LogP contribution < -0.4 is 10.9 Å². The summed E-state index contributed by atoms with van der Waals surface area (Å²) >= 11 is 1.58. The van der Waals surface area contributed by atoms with Crippen molar-refractivity contribution in [1.82, 2.24) is 15.1 Å². The van der Waals surface area contributed by atoms with Crippen molar-refractivity contribution >= 4 is 37.4 Å². The summed E-state index contributed by atoms with van der Waals surface area (Å²) in [6.45, 7) is 3.65. The maximum absolute atomic E-state index is 13.3. The molecular weight excluding hydrogens is 394 g/mol. The van der Waals surface area contributed by atoms with Crippen molar-refractivity contribution in [3.05, 3.63) is 75.7 Å². The Morgan fingerprint density at radius 1 is 1.20 bits per heavy atom. The van der Waals surface area contributed by atoms with E-state index in [0.29, 0.717) is 5.39 Å². The van der Waals surface area contributed by atoms with Crippen molar-refractivity contribution in [2.75, 3.05) is 0 Å². The Balaban J connectivity index is 1.51. The lowest BCUT2D eigenvalue weighted by atomic mass is 9.87. The van der Waals surface area contributed by atoms with Crippen LogP contribution >= 0.6 is 11.3 Å². The highest BCUT2D eigenvalue weighted by atomic mass is 32.1. The smallest absolute Gasteiger partial charge is 0.276 e. The van der Waals surface area contributed by atoms with Crippen LogP contribution in [0.15, 0.2) is 53.3 Å². The molecule has 2 atom stereocenters. The number of aryl methyl sites for hydroxylation is 2. The van der Waals surface area contributed by atoms with Crippen LogP contribution in [0.1, 0.15) is 48.7 Å². The number of benzene rings is 2. The average Bonchev–Trinajstić information content (AvgIpc) is 3.16. The van der Waals surface area contributed by atoms with Crippen LogP contribution in [0.25, 0.3) is 20.2 Å². The van der Waals surface area contributed by atoms with Crippen molar-refractivity contribution in [3.8, 4) is 0 Å². The molecule has 6 heteroatoms. The molecule has 5 rings (SSSR count). The summed E-state index contributed by atoms with van der Waals surface area (Å²) in [4.78, 5) is 26.4. The number of thiophene rings is 1. The van der Waals surface area contributed by atoms with Gasteiger partial charge < -0.3 is 5.32 Å². The van der Waals surface area contributed by atoms with Crippen LogP contribution in [0.5, 0.6) is 0 Å². The van der Waals surface area contributed by atoms with E-state index >= 15 is 0 Å². The molecule has 1 amide bonds. The highest BCUT2D eigenvalue weighted by Gasteiger charge is 2.26. The summed E-state index contributed by atoms with van der Waals surface area (Å²) in [7, 11) is 0. The third-order valence-electron chi connectivity index (χ3n) is 6.04. The summed E-state index contributed by atoms with van der Waals surface area (Å²) in [6.07, 6.45) is 2.99. The van der Waals surface area contributed by atoms with Gasteiger partial charge in [-0.05, 0) is 50.3 Å². The fourth-order valence-electron chi connectivity index (χ4n) is 4.45. The van der Waals surface area contributed by atoms with Crippen molar-refractivity contribution in [2.24, 2.45) is 0 Å². The molecule has 0 spiro atoms. The third-order valence-corrected chi connectivity index (χ3v) is 7.32. The van der Waals surface area contributed by atoms with E-state index in [1.54, 1.807) is 18.3 Å². The maximum atomic E-state index is 13.3. The SMILES string of the molecule is Cc1nn(C(C)C(=O)NC2CCCc3ccccc32)c(=O)c2c1sc1ccccc12. The standard InChI is InChI=1S/C24H23N3O2S/c1-14-22-21(18-11-5-6-13-20(18)30-22)24(29)27(26-14)15(2)23(28)25-19-12-7-9-16-8-3-4-10-17(16)19/h3-6,8,10-11,13,15,19H,7,9,12H2,1-2H3,(H,25,28). The first-order chi connectivity index (χ1) is 14.5. The Labute approximate surface area is 178 Å². The lowest BCUT2D eigenvalue weighted by Crippen LogP contribution is -2.39. The predicted molar refractivity (Wildman–Crippen MR) is 121 cm³/mol. The Bertz CT molecular complexity index is 1340. The van der Waals surface area contributed by atoms with Gasteiger partial charge in [0.1, 0.15) is 6.04 Å². The fraction of sp³-hybridized carbons (Fsp3) is 0.292. The minimum Gasteiger partial charge on any atom is -0.347 e. The van der Waals surface area contributed by atoms with Crippen LogP contribution in [-0.2, 0) is 11.2 Å². The molecule has 2 heterocycles. The van der Waals surface area contributed by atoms with E-state index in [1.165, 1.54) is 15.8 Å². The van der Waals surface area contributed by atoms with E-state index in [4.69, 9.17) is 0 Å². The topological polar surface area (TPSA) is 64.0 Å². The molecule has 0 aliphatic heterocycles. The molecule has 0 saturated carbocycles. The van der Waals surface area contributed by atoms with Gasteiger partial charge in [0.25, 0.3) is 5.56 Å². The van der Waals surface area contributed by atoms with E-state index < -0.39 is 6.04 Å². The zero-order valence-corrected chi connectivity index (χ0v) is 17.8. The first-order valence-corrected chi connectivity index (χ1v) is 11.1. The molecule has 0 radical (unpaired) electrons. The molecule has 0 bridgehead atoms. The number of carbonyl (C=O) groups excluding carboxylic acids is 1. The number of hydrogen-bond donors (Lipinski definition) is 1. The summed E-state index contributed by atoms with van der Waals surface area (Å²) < 4.78 is 3.30. The van der Waals surface area contributed by atoms with Crippen LogP contribution in [0.4, 0.5) is 0 Å². The van der Waals surface area contributed by atoms with Gasteiger partial charge >= 0.3 is 0 Å². The zero-order chi connectivity index (χ0) is 20.8. The van der Waals surface area contributed by atoms with E-state index in [2.05, 4.69) is 22.5 Å². The summed E-state index contributed by atoms with van der Waals surface area (Å²) in [5.41, 5.74) is 3.03. The fourth-order valence-corrected chi connectivity index (χ4v) is 5.58. The summed E-state index contributed by atoms with van der Waals surface area (Å²) in [5.74, 6) is -0.176. The van der Waals surface area contributed by atoms with E-state index in [9.17, 15) is 9.59 Å². The largest absolute Gasteiger partial charge is 0.347 e. The van der Waals surface area contributed by atoms with Crippen molar-refractivity contribution < 1.29 is 4.79 Å². The monoisotopic (exact) mass is 417 g/mol. The van der Waals surface area contributed by atoms with Crippen LogP contribution in [0, 0.1) is 6.92 Å². The minimum absolute atomic E-state index is 0.0209. The average molecular weight is 418 g/mol. The summed E-state index contributed by atoms with van der Waals surface area (Å²) in [5, 5.41) is 9.26. The van der Waals surface area contributed by atoms with E-state index in [0.717, 1.165) is 39.7 Å². The lowest BCUT2D eigenvalue weighted by molar-refractivity contribution is -0.125. The molecule has 2 unspecified atom stereocenters.